The van der Waals surface area contributed by atoms with Crippen LogP contribution in [0.15, 0.2) is 24.3 Å². The molecule has 1 amide bonds. The predicted molar refractivity (Wildman–Crippen MR) is 77.0 cm³/mol. The third-order valence-corrected chi connectivity index (χ3v) is 2.96. The topological polar surface area (TPSA) is 89.5 Å². The molecule has 110 valence electrons. The van der Waals surface area contributed by atoms with Crippen LogP contribution < -0.4 is 5.73 Å². The lowest BCUT2D eigenvalue weighted by atomic mass is 10.0. The van der Waals surface area contributed by atoms with Crippen molar-refractivity contribution in [2.45, 2.75) is 32.9 Å². The zero-order valence-corrected chi connectivity index (χ0v) is 12.1. The lowest BCUT2D eigenvalue weighted by Gasteiger charge is -2.22. The van der Waals surface area contributed by atoms with Gasteiger partial charge in [0.1, 0.15) is 0 Å². The fourth-order valence-corrected chi connectivity index (χ4v) is 2.01. The maximum absolute atomic E-state index is 12.1. The molecule has 0 heterocycles. The summed E-state index contributed by atoms with van der Waals surface area (Å²) in [5.74, 6) is 0.199. The van der Waals surface area contributed by atoms with E-state index >= 15 is 0 Å². The minimum absolute atomic E-state index is 0.0230. The van der Waals surface area contributed by atoms with Crippen LogP contribution >= 0.6 is 0 Å². The number of nitro benzene ring substituents is 1. The highest BCUT2D eigenvalue weighted by Crippen LogP contribution is 2.15. The monoisotopic (exact) mass is 279 g/mol. The smallest absolute Gasteiger partial charge is 0.269 e. The van der Waals surface area contributed by atoms with E-state index in [0.717, 1.165) is 0 Å². The second kappa shape index (κ2) is 7.00. The molecule has 0 aromatic heterocycles. The molecule has 1 atom stereocenters. The number of hydrogen-bond acceptors (Lipinski definition) is 4. The van der Waals surface area contributed by atoms with Gasteiger partial charge in [-0.1, -0.05) is 26.0 Å². The first-order chi connectivity index (χ1) is 9.31. The van der Waals surface area contributed by atoms with E-state index in [4.69, 9.17) is 5.73 Å². The average molecular weight is 279 g/mol. The third kappa shape index (κ3) is 4.62. The molecule has 1 aromatic rings. The summed E-state index contributed by atoms with van der Waals surface area (Å²) in [6.07, 6.45) is 0.623. The first-order valence-corrected chi connectivity index (χ1v) is 6.55. The molecule has 0 aliphatic heterocycles. The van der Waals surface area contributed by atoms with Gasteiger partial charge in [0, 0.05) is 25.7 Å². The van der Waals surface area contributed by atoms with Crippen molar-refractivity contribution in [3.63, 3.8) is 0 Å². The van der Waals surface area contributed by atoms with Gasteiger partial charge in [0.2, 0.25) is 5.91 Å². The van der Waals surface area contributed by atoms with Crippen LogP contribution in [0, 0.1) is 16.0 Å². The molecule has 0 radical (unpaired) electrons. The fourth-order valence-electron chi connectivity index (χ4n) is 2.01. The second-order valence-electron chi connectivity index (χ2n) is 5.36. The highest BCUT2D eigenvalue weighted by atomic mass is 16.6. The normalized spacial score (nSPS) is 12.2. The van der Waals surface area contributed by atoms with Crippen LogP contribution in [0.4, 0.5) is 5.69 Å². The summed E-state index contributed by atoms with van der Waals surface area (Å²) < 4.78 is 0. The summed E-state index contributed by atoms with van der Waals surface area (Å²) in [5.41, 5.74) is 6.59. The Balaban J connectivity index is 2.70. The summed E-state index contributed by atoms with van der Waals surface area (Å²) in [6, 6.07) is 5.73. The molecule has 1 rings (SSSR count). The summed E-state index contributed by atoms with van der Waals surface area (Å²) in [6.45, 7) is 4.33. The van der Waals surface area contributed by atoms with Crippen LogP contribution in [-0.4, -0.2) is 28.8 Å². The van der Waals surface area contributed by atoms with Crippen molar-refractivity contribution in [3.05, 3.63) is 39.9 Å². The van der Waals surface area contributed by atoms with Gasteiger partial charge in [-0.25, -0.2) is 0 Å². The molecule has 0 saturated carbocycles. The second-order valence-corrected chi connectivity index (χ2v) is 5.36. The lowest BCUT2D eigenvalue weighted by Crippen LogP contribution is -2.42. The van der Waals surface area contributed by atoms with Crippen molar-refractivity contribution in [1.29, 1.82) is 0 Å². The number of non-ortho nitro benzene ring substituents is 1. The first-order valence-electron chi connectivity index (χ1n) is 6.55. The minimum Gasteiger partial charge on any atom is -0.340 e. The van der Waals surface area contributed by atoms with Crippen LogP contribution in [0.5, 0.6) is 0 Å². The average Bonchev–Trinajstić information content (AvgIpc) is 2.37. The van der Waals surface area contributed by atoms with Crippen LogP contribution in [0.25, 0.3) is 0 Å². The first kappa shape index (κ1) is 16.1. The summed E-state index contributed by atoms with van der Waals surface area (Å²) in [4.78, 5) is 23.8. The quantitative estimate of drug-likeness (QED) is 0.636. The standard InChI is InChI=1S/C14H21N3O3/c1-10(2)7-13(15)14(18)16(3)9-11-5-4-6-12(8-11)17(19)20/h4-6,8,10,13H,7,9,15H2,1-3H3/t13-/m0/s1. The molecule has 20 heavy (non-hydrogen) atoms. The predicted octanol–water partition coefficient (Wildman–Crippen LogP) is 1.93. The number of nitro groups is 1. The highest BCUT2D eigenvalue weighted by molar-refractivity contribution is 5.81. The number of hydrogen-bond donors (Lipinski definition) is 1. The van der Waals surface area contributed by atoms with Crippen LogP contribution in [0.3, 0.4) is 0 Å². The molecule has 6 heteroatoms. The Morgan fingerprint density at radius 1 is 1.45 bits per heavy atom. The molecule has 0 saturated heterocycles. The van der Waals surface area contributed by atoms with E-state index in [0.29, 0.717) is 24.4 Å². The van der Waals surface area contributed by atoms with Gasteiger partial charge < -0.3 is 10.6 Å². The molecule has 0 aliphatic carbocycles. The van der Waals surface area contributed by atoms with Gasteiger partial charge >= 0.3 is 0 Å². The Bertz CT molecular complexity index is 488. The Kier molecular flexibility index (Phi) is 5.64. The molecule has 0 fully saturated rings. The van der Waals surface area contributed by atoms with Crippen molar-refractivity contribution in [2.75, 3.05) is 7.05 Å². The maximum atomic E-state index is 12.1. The molecule has 0 bridgehead atoms. The van der Waals surface area contributed by atoms with E-state index in [1.807, 2.05) is 13.8 Å². The number of likely N-dealkylation sites (N-methyl/N-ethyl adjacent to an activating group) is 1. The number of amides is 1. The van der Waals surface area contributed by atoms with E-state index in [2.05, 4.69) is 0 Å². The van der Waals surface area contributed by atoms with Crippen molar-refractivity contribution < 1.29 is 9.72 Å². The molecule has 0 unspecified atom stereocenters. The number of nitrogens with two attached hydrogens (primary N) is 1. The van der Waals surface area contributed by atoms with E-state index < -0.39 is 11.0 Å². The van der Waals surface area contributed by atoms with Gasteiger partial charge in [0.25, 0.3) is 5.69 Å². The van der Waals surface area contributed by atoms with Gasteiger partial charge in [0.05, 0.1) is 11.0 Å². The molecule has 0 spiro atoms. The van der Waals surface area contributed by atoms with Gasteiger partial charge in [-0.3, -0.25) is 14.9 Å². The van der Waals surface area contributed by atoms with Crippen molar-refractivity contribution in [3.8, 4) is 0 Å². The number of carbonyl (C=O) groups is 1. The Morgan fingerprint density at radius 2 is 2.10 bits per heavy atom. The molecule has 2 N–H and O–H groups in total. The highest BCUT2D eigenvalue weighted by Gasteiger charge is 2.19. The van der Waals surface area contributed by atoms with Crippen LogP contribution in [0.2, 0.25) is 0 Å². The van der Waals surface area contributed by atoms with E-state index in [1.54, 1.807) is 19.2 Å². The number of rotatable bonds is 6. The summed E-state index contributed by atoms with van der Waals surface area (Å²) in [5, 5.41) is 10.7. The van der Waals surface area contributed by atoms with Gasteiger partial charge in [-0.05, 0) is 17.9 Å². The van der Waals surface area contributed by atoms with E-state index in [-0.39, 0.29) is 11.6 Å². The number of carbonyl (C=O) groups excluding carboxylic acids is 1. The van der Waals surface area contributed by atoms with E-state index in [9.17, 15) is 14.9 Å². The zero-order valence-electron chi connectivity index (χ0n) is 12.1. The van der Waals surface area contributed by atoms with Gasteiger partial charge in [0.15, 0.2) is 0 Å². The largest absolute Gasteiger partial charge is 0.340 e. The number of nitrogens with zero attached hydrogens (tertiary/aromatic N) is 2. The van der Waals surface area contributed by atoms with Crippen molar-refractivity contribution in [1.82, 2.24) is 4.90 Å². The number of benzene rings is 1. The molecular weight excluding hydrogens is 258 g/mol. The van der Waals surface area contributed by atoms with Gasteiger partial charge in [-0.15, -0.1) is 0 Å². The third-order valence-electron chi connectivity index (χ3n) is 2.96. The fraction of sp³-hybridized carbons (Fsp3) is 0.500. The van der Waals surface area contributed by atoms with Crippen molar-refractivity contribution in [2.24, 2.45) is 11.7 Å². The van der Waals surface area contributed by atoms with Crippen LogP contribution in [-0.2, 0) is 11.3 Å². The Morgan fingerprint density at radius 3 is 2.65 bits per heavy atom. The molecule has 1 aromatic carbocycles. The Labute approximate surface area is 118 Å². The molecule has 0 aliphatic rings. The van der Waals surface area contributed by atoms with Crippen LogP contribution in [0.1, 0.15) is 25.8 Å². The SMILES string of the molecule is CC(C)C[C@H](N)C(=O)N(C)Cc1cccc([N+](=O)[O-])c1. The minimum atomic E-state index is -0.529. The molecular formula is C14H21N3O3. The van der Waals surface area contributed by atoms with E-state index in [1.165, 1.54) is 17.0 Å². The van der Waals surface area contributed by atoms with Gasteiger partial charge in [-0.2, -0.15) is 0 Å². The van der Waals surface area contributed by atoms with Crippen molar-refractivity contribution >= 4 is 11.6 Å². The Hall–Kier alpha value is -1.95. The summed E-state index contributed by atoms with van der Waals surface area (Å²) in [7, 11) is 1.65. The maximum Gasteiger partial charge on any atom is 0.269 e. The zero-order chi connectivity index (χ0) is 15.3. The lowest BCUT2D eigenvalue weighted by molar-refractivity contribution is -0.384. The summed E-state index contributed by atoms with van der Waals surface area (Å²) >= 11 is 0. The molecule has 6 nitrogen and oxygen atoms in total.